The molecule has 0 aliphatic heterocycles. The molecule has 0 saturated heterocycles. The van der Waals surface area contributed by atoms with Gasteiger partial charge in [0.2, 0.25) is 10.0 Å². The summed E-state index contributed by atoms with van der Waals surface area (Å²) in [6, 6.07) is 6.97. The van der Waals surface area contributed by atoms with Gasteiger partial charge in [-0.3, -0.25) is 0 Å². The maximum Gasteiger partial charge on any atom is 0.240 e. The molecule has 1 aliphatic carbocycles. The van der Waals surface area contributed by atoms with Crippen molar-refractivity contribution in [3.05, 3.63) is 29.8 Å². The van der Waals surface area contributed by atoms with E-state index in [0.717, 1.165) is 18.4 Å². The molecule has 4 nitrogen and oxygen atoms in total. The normalized spacial score (nSPS) is 18.0. The summed E-state index contributed by atoms with van der Waals surface area (Å²) in [7, 11) is -3.52. The topological polar surface area (TPSA) is 66.4 Å². The molecule has 20 heavy (non-hydrogen) atoms. The fourth-order valence-electron chi connectivity index (χ4n) is 2.35. The van der Waals surface area contributed by atoms with Gasteiger partial charge in [0.05, 0.1) is 10.5 Å². The molecule has 0 unspecified atom stereocenters. The van der Waals surface area contributed by atoms with Crippen molar-refractivity contribution < 1.29 is 13.5 Å². The monoisotopic (exact) mass is 297 g/mol. The van der Waals surface area contributed by atoms with Crippen molar-refractivity contribution in [3.63, 3.8) is 0 Å². The van der Waals surface area contributed by atoms with Gasteiger partial charge in [0.25, 0.3) is 0 Å². The molecule has 0 spiro atoms. The highest BCUT2D eigenvalue weighted by Crippen LogP contribution is 2.31. The average molecular weight is 297 g/mol. The van der Waals surface area contributed by atoms with Crippen LogP contribution in [0.4, 0.5) is 0 Å². The number of aliphatic hydroxyl groups is 1. The molecule has 1 aromatic rings. The van der Waals surface area contributed by atoms with Crippen LogP contribution in [0.2, 0.25) is 0 Å². The van der Waals surface area contributed by atoms with Gasteiger partial charge in [-0.15, -0.1) is 0 Å². The number of nitrogens with one attached hydrogen (secondary N) is 1. The van der Waals surface area contributed by atoms with Crippen molar-refractivity contribution in [2.75, 3.05) is 6.54 Å². The fraction of sp³-hybridized carbons (Fsp3) is 0.600. The molecule has 1 saturated carbocycles. The zero-order valence-corrected chi connectivity index (χ0v) is 12.9. The Kier molecular flexibility index (Phi) is 4.52. The standard InChI is InChI=1S/C15H23NO3S/c1-12(2)10-13-4-6-14(7-5-13)20(18,19)16-11-15(17)8-3-9-15/h4-7,12,16-17H,3,8-11H2,1-2H3. The van der Waals surface area contributed by atoms with Crippen molar-refractivity contribution in [2.45, 2.75) is 50.0 Å². The quantitative estimate of drug-likeness (QED) is 0.845. The predicted octanol–water partition coefficient (Wildman–Crippen LogP) is 2.08. The Morgan fingerprint density at radius 3 is 2.30 bits per heavy atom. The summed E-state index contributed by atoms with van der Waals surface area (Å²) >= 11 is 0. The van der Waals surface area contributed by atoms with Crippen LogP contribution in [0.1, 0.15) is 38.7 Å². The Bertz CT molecular complexity index is 545. The minimum Gasteiger partial charge on any atom is -0.389 e. The molecule has 1 fully saturated rings. The molecular weight excluding hydrogens is 274 g/mol. The van der Waals surface area contributed by atoms with Crippen molar-refractivity contribution in [2.24, 2.45) is 5.92 Å². The second-order valence-electron chi connectivity index (χ2n) is 6.14. The first-order valence-corrected chi connectivity index (χ1v) is 8.60. The fourth-order valence-corrected chi connectivity index (χ4v) is 3.47. The lowest BCUT2D eigenvalue weighted by Gasteiger charge is -2.36. The summed E-state index contributed by atoms with van der Waals surface area (Å²) in [6.45, 7) is 4.36. The smallest absolute Gasteiger partial charge is 0.240 e. The third kappa shape index (κ3) is 3.81. The lowest BCUT2D eigenvalue weighted by atomic mass is 9.81. The van der Waals surface area contributed by atoms with Gasteiger partial charge in [-0.2, -0.15) is 0 Å². The predicted molar refractivity (Wildman–Crippen MR) is 79.0 cm³/mol. The van der Waals surface area contributed by atoms with Gasteiger partial charge >= 0.3 is 0 Å². The molecule has 0 heterocycles. The van der Waals surface area contributed by atoms with Crippen LogP contribution in [-0.4, -0.2) is 25.7 Å². The van der Waals surface area contributed by atoms with Crippen molar-refractivity contribution in [1.82, 2.24) is 4.72 Å². The SMILES string of the molecule is CC(C)Cc1ccc(S(=O)(=O)NCC2(O)CCC2)cc1. The van der Waals surface area contributed by atoms with Crippen molar-refractivity contribution in [3.8, 4) is 0 Å². The number of hydrogen-bond acceptors (Lipinski definition) is 3. The molecule has 0 aromatic heterocycles. The third-order valence-electron chi connectivity index (χ3n) is 3.75. The summed E-state index contributed by atoms with van der Waals surface area (Å²) in [5, 5.41) is 9.94. The second-order valence-corrected chi connectivity index (χ2v) is 7.91. The maximum atomic E-state index is 12.1. The minimum atomic E-state index is -3.52. The lowest BCUT2D eigenvalue weighted by Crippen LogP contribution is -2.47. The van der Waals surface area contributed by atoms with E-state index < -0.39 is 15.6 Å². The van der Waals surface area contributed by atoms with E-state index in [1.54, 1.807) is 12.1 Å². The molecular formula is C15H23NO3S. The Balaban J connectivity index is 2.01. The first-order chi connectivity index (χ1) is 9.31. The van der Waals surface area contributed by atoms with E-state index in [1.165, 1.54) is 0 Å². The number of sulfonamides is 1. The van der Waals surface area contributed by atoms with E-state index in [9.17, 15) is 13.5 Å². The molecule has 0 bridgehead atoms. The first kappa shape index (κ1) is 15.5. The van der Waals surface area contributed by atoms with E-state index in [1.807, 2.05) is 12.1 Å². The number of hydrogen-bond donors (Lipinski definition) is 2. The van der Waals surface area contributed by atoms with Crippen LogP contribution in [0.25, 0.3) is 0 Å². The molecule has 0 radical (unpaired) electrons. The third-order valence-corrected chi connectivity index (χ3v) is 5.17. The van der Waals surface area contributed by atoms with E-state index in [-0.39, 0.29) is 11.4 Å². The van der Waals surface area contributed by atoms with Gasteiger partial charge in [0, 0.05) is 6.54 Å². The van der Waals surface area contributed by atoms with Crippen molar-refractivity contribution >= 4 is 10.0 Å². The van der Waals surface area contributed by atoms with Crippen LogP contribution >= 0.6 is 0 Å². The van der Waals surface area contributed by atoms with Gasteiger partial charge in [0.1, 0.15) is 0 Å². The lowest BCUT2D eigenvalue weighted by molar-refractivity contribution is -0.0270. The van der Waals surface area contributed by atoms with Crippen LogP contribution < -0.4 is 4.72 Å². The average Bonchev–Trinajstić information content (AvgIpc) is 2.34. The second kappa shape index (κ2) is 5.84. The van der Waals surface area contributed by atoms with Gasteiger partial charge in [-0.25, -0.2) is 13.1 Å². The highest BCUT2D eigenvalue weighted by atomic mass is 32.2. The van der Waals surface area contributed by atoms with E-state index in [0.29, 0.717) is 18.8 Å². The van der Waals surface area contributed by atoms with Crippen LogP contribution in [0, 0.1) is 5.92 Å². The summed E-state index contributed by atoms with van der Waals surface area (Å²) in [6.07, 6.45) is 3.24. The van der Waals surface area contributed by atoms with Gasteiger partial charge < -0.3 is 5.11 Å². The largest absolute Gasteiger partial charge is 0.389 e. The van der Waals surface area contributed by atoms with E-state index in [2.05, 4.69) is 18.6 Å². The van der Waals surface area contributed by atoms with Gasteiger partial charge in [0.15, 0.2) is 0 Å². The summed E-state index contributed by atoms with van der Waals surface area (Å²) in [5.74, 6) is 0.545. The van der Waals surface area contributed by atoms with Crippen LogP contribution in [0.5, 0.6) is 0 Å². The zero-order chi connectivity index (χ0) is 14.8. The maximum absolute atomic E-state index is 12.1. The molecule has 1 aromatic carbocycles. The first-order valence-electron chi connectivity index (χ1n) is 7.12. The Labute approximate surface area is 121 Å². The Hall–Kier alpha value is -0.910. The summed E-state index contributed by atoms with van der Waals surface area (Å²) < 4.78 is 26.8. The Morgan fingerprint density at radius 1 is 1.25 bits per heavy atom. The van der Waals surface area contributed by atoms with E-state index >= 15 is 0 Å². The van der Waals surface area contributed by atoms with Gasteiger partial charge in [-0.1, -0.05) is 26.0 Å². The Morgan fingerprint density at radius 2 is 1.85 bits per heavy atom. The number of benzene rings is 1. The summed E-state index contributed by atoms with van der Waals surface area (Å²) in [5.41, 5.74) is 0.293. The highest BCUT2D eigenvalue weighted by molar-refractivity contribution is 7.89. The molecule has 1 aliphatic rings. The van der Waals surface area contributed by atoms with Crippen LogP contribution in [0.15, 0.2) is 29.2 Å². The molecule has 5 heteroatoms. The van der Waals surface area contributed by atoms with Crippen LogP contribution in [-0.2, 0) is 16.4 Å². The minimum absolute atomic E-state index is 0.100. The van der Waals surface area contributed by atoms with Gasteiger partial charge in [-0.05, 0) is 49.3 Å². The highest BCUT2D eigenvalue weighted by Gasteiger charge is 2.35. The zero-order valence-electron chi connectivity index (χ0n) is 12.1. The molecule has 2 N–H and O–H groups in total. The molecule has 2 rings (SSSR count). The molecule has 112 valence electrons. The van der Waals surface area contributed by atoms with Crippen molar-refractivity contribution in [1.29, 1.82) is 0 Å². The molecule has 0 atom stereocenters. The summed E-state index contributed by atoms with van der Waals surface area (Å²) in [4.78, 5) is 0.257. The number of rotatable bonds is 6. The van der Waals surface area contributed by atoms with Crippen LogP contribution in [0.3, 0.4) is 0 Å². The van der Waals surface area contributed by atoms with E-state index in [4.69, 9.17) is 0 Å². The molecule has 0 amide bonds.